The van der Waals surface area contributed by atoms with Crippen molar-refractivity contribution in [2.45, 2.75) is 11.8 Å². The third-order valence-electron chi connectivity index (χ3n) is 3.31. The number of sulfonamides is 1. The van der Waals surface area contributed by atoms with Crippen LogP contribution in [0.15, 0.2) is 53.4 Å². The van der Waals surface area contributed by atoms with E-state index in [-0.39, 0.29) is 4.90 Å². The van der Waals surface area contributed by atoms with E-state index in [4.69, 9.17) is 0 Å². The summed E-state index contributed by atoms with van der Waals surface area (Å²) in [6.07, 6.45) is 0. The van der Waals surface area contributed by atoms with Crippen LogP contribution >= 0.6 is 0 Å². The molecule has 0 atom stereocenters. The van der Waals surface area contributed by atoms with Crippen LogP contribution < -0.4 is 10.0 Å². The van der Waals surface area contributed by atoms with Gasteiger partial charge in [0.25, 0.3) is 0 Å². The lowest BCUT2D eigenvalue weighted by Crippen LogP contribution is -2.32. The summed E-state index contributed by atoms with van der Waals surface area (Å²) in [5, 5.41) is 2.54. The molecular formula is C17H18N2O5S. The molecule has 0 unspecified atom stereocenters. The fraction of sp³-hybridized carbons (Fsp3) is 0.176. The Balaban J connectivity index is 1.95. The lowest BCUT2D eigenvalue weighted by atomic mass is 10.2. The second-order valence-electron chi connectivity index (χ2n) is 5.26. The molecule has 132 valence electrons. The standard InChI is InChI=1S/C17H18N2O5S/c1-12-4-3-5-15(10-12)25(22,23)18-11-16(20)19-14-8-6-13(7-9-14)17(21)24-2/h3-10,18H,11H2,1-2H3,(H,19,20). The zero-order valence-electron chi connectivity index (χ0n) is 13.8. The normalized spacial score (nSPS) is 11.0. The van der Waals surface area contributed by atoms with Gasteiger partial charge in [-0.25, -0.2) is 17.9 Å². The van der Waals surface area contributed by atoms with Gasteiger partial charge >= 0.3 is 5.97 Å². The molecule has 0 saturated heterocycles. The van der Waals surface area contributed by atoms with E-state index in [1.165, 1.54) is 43.5 Å². The summed E-state index contributed by atoms with van der Waals surface area (Å²) in [5.41, 5.74) is 1.59. The topological polar surface area (TPSA) is 102 Å². The number of nitrogens with one attached hydrogen (secondary N) is 2. The second kappa shape index (κ2) is 7.91. The van der Waals surface area contributed by atoms with Crippen LogP contribution in [0.2, 0.25) is 0 Å². The molecule has 2 rings (SSSR count). The van der Waals surface area contributed by atoms with Crippen LogP contribution in [0.1, 0.15) is 15.9 Å². The fourth-order valence-electron chi connectivity index (χ4n) is 2.04. The Morgan fingerprint density at radius 2 is 1.76 bits per heavy atom. The van der Waals surface area contributed by atoms with E-state index in [1.807, 2.05) is 0 Å². The molecule has 7 nitrogen and oxygen atoms in total. The summed E-state index contributed by atoms with van der Waals surface area (Å²) in [4.78, 5) is 23.3. The molecule has 8 heteroatoms. The Kier molecular flexibility index (Phi) is 5.89. The van der Waals surface area contributed by atoms with Gasteiger partial charge in [0.15, 0.2) is 0 Å². The van der Waals surface area contributed by atoms with Gasteiger partial charge in [-0.2, -0.15) is 0 Å². The van der Waals surface area contributed by atoms with Crippen LogP contribution in [0.25, 0.3) is 0 Å². The van der Waals surface area contributed by atoms with Gasteiger partial charge in [0.05, 0.1) is 24.1 Å². The summed E-state index contributed by atoms with van der Waals surface area (Å²) in [5.74, 6) is -1.01. The van der Waals surface area contributed by atoms with Crippen molar-refractivity contribution in [3.05, 3.63) is 59.7 Å². The molecule has 0 spiro atoms. The van der Waals surface area contributed by atoms with Gasteiger partial charge in [-0.15, -0.1) is 0 Å². The van der Waals surface area contributed by atoms with Gasteiger partial charge in [0.2, 0.25) is 15.9 Å². The van der Waals surface area contributed by atoms with Crippen LogP contribution in [0, 0.1) is 6.92 Å². The second-order valence-corrected chi connectivity index (χ2v) is 7.03. The minimum Gasteiger partial charge on any atom is -0.465 e. The van der Waals surface area contributed by atoms with E-state index < -0.39 is 28.4 Å². The first kappa shape index (κ1) is 18.6. The first-order valence-electron chi connectivity index (χ1n) is 7.36. The van der Waals surface area contributed by atoms with Gasteiger partial charge < -0.3 is 10.1 Å². The van der Waals surface area contributed by atoms with E-state index in [1.54, 1.807) is 19.1 Å². The third-order valence-corrected chi connectivity index (χ3v) is 4.71. The number of methoxy groups -OCH3 is 1. The van der Waals surface area contributed by atoms with Crippen molar-refractivity contribution < 1.29 is 22.7 Å². The quantitative estimate of drug-likeness (QED) is 0.762. The SMILES string of the molecule is COC(=O)c1ccc(NC(=O)CNS(=O)(=O)c2cccc(C)c2)cc1. The predicted octanol–water partition coefficient (Wildman–Crippen LogP) is 1.70. The highest BCUT2D eigenvalue weighted by molar-refractivity contribution is 7.89. The molecule has 0 aromatic heterocycles. The number of ether oxygens (including phenoxy) is 1. The number of hydrogen-bond acceptors (Lipinski definition) is 5. The number of hydrogen-bond donors (Lipinski definition) is 2. The predicted molar refractivity (Wildman–Crippen MR) is 92.8 cm³/mol. The first-order valence-corrected chi connectivity index (χ1v) is 8.85. The van der Waals surface area contributed by atoms with E-state index >= 15 is 0 Å². The van der Waals surface area contributed by atoms with Crippen LogP contribution in [0.3, 0.4) is 0 Å². The Labute approximate surface area is 146 Å². The number of amides is 1. The van der Waals surface area contributed by atoms with Crippen molar-refractivity contribution in [2.75, 3.05) is 19.0 Å². The number of carbonyl (C=O) groups is 2. The van der Waals surface area contributed by atoms with Gasteiger partial charge in [-0.1, -0.05) is 12.1 Å². The molecule has 0 radical (unpaired) electrons. The van der Waals surface area contributed by atoms with Crippen molar-refractivity contribution in [3.63, 3.8) is 0 Å². The van der Waals surface area contributed by atoms with Crippen molar-refractivity contribution in [1.82, 2.24) is 4.72 Å². The average Bonchev–Trinajstić information content (AvgIpc) is 2.60. The Morgan fingerprint density at radius 1 is 1.08 bits per heavy atom. The summed E-state index contributed by atoms with van der Waals surface area (Å²) in [6.45, 7) is 1.37. The number of aryl methyl sites for hydroxylation is 1. The van der Waals surface area contributed by atoms with Gasteiger partial charge in [-0.3, -0.25) is 4.79 Å². The smallest absolute Gasteiger partial charge is 0.337 e. The van der Waals surface area contributed by atoms with Crippen molar-refractivity contribution in [3.8, 4) is 0 Å². The maximum Gasteiger partial charge on any atom is 0.337 e. The highest BCUT2D eigenvalue weighted by atomic mass is 32.2. The maximum absolute atomic E-state index is 12.2. The molecule has 0 bridgehead atoms. The summed E-state index contributed by atoms with van der Waals surface area (Å²) in [7, 11) is -2.49. The zero-order valence-corrected chi connectivity index (χ0v) is 14.6. The molecule has 0 aliphatic carbocycles. The average molecular weight is 362 g/mol. The highest BCUT2D eigenvalue weighted by Crippen LogP contribution is 2.12. The number of esters is 1. The Morgan fingerprint density at radius 3 is 2.36 bits per heavy atom. The Bertz CT molecular complexity index is 876. The van der Waals surface area contributed by atoms with Crippen molar-refractivity contribution in [2.24, 2.45) is 0 Å². The molecule has 1 amide bonds. The molecule has 0 aliphatic rings. The number of carbonyl (C=O) groups excluding carboxylic acids is 2. The minimum atomic E-state index is -3.76. The first-order chi connectivity index (χ1) is 11.8. The van der Waals surface area contributed by atoms with E-state index in [0.29, 0.717) is 11.3 Å². The van der Waals surface area contributed by atoms with Gasteiger partial charge in [0.1, 0.15) is 0 Å². The molecule has 2 aromatic carbocycles. The molecular weight excluding hydrogens is 344 g/mol. The van der Waals surface area contributed by atoms with Crippen LogP contribution in [0.4, 0.5) is 5.69 Å². The fourth-order valence-corrected chi connectivity index (χ4v) is 3.13. The van der Waals surface area contributed by atoms with Crippen molar-refractivity contribution >= 4 is 27.6 Å². The van der Waals surface area contributed by atoms with E-state index in [0.717, 1.165) is 5.56 Å². The summed E-state index contributed by atoms with van der Waals surface area (Å²) >= 11 is 0. The zero-order chi connectivity index (χ0) is 18.4. The monoisotopic (exact) mass is 362 g/mol. The molecule has 2 aromatic rings. The Hall–Kier alpha value is -2.71. The number of benzene rings is 2. The van der Waals surface area contributed by atoms with E-state index in [9.17, 15) is 18.0 Å². The largest absolute Gasteiger partial charge is 0.465 e. The van der Waals surface area contributed by atoms with E-state index in [2.05, 4.69) is 14.8 Å². The molecule has 25 heavy (non-hydrogen) atoms. The summed E-state index contributed by atoms with van der Waals surface area (Å²) in [6, 6.07) is 12.4. The van der Waals surface area contributed by atoms with Gasteiger partial charge in [0, 0.05) is 5.69 Å². The lowest BCUT2D eigenvalue weighted by molar-refractivity contribution is -0.115. The molecule has 0 saturated carbocycles. The maximum atomic E-state index is 12.2. The van der Waals surface area contributed by atoms with Crippen LogP contribution in [-0.4, -0.2) is 33.9 Å². The molecule has 2 N–H and O–H groups in total. The lowest BCUT2D eigenvalue weighted by Gasteiger charge is -2.09. The number of anilines is 1. The highest BCUT2D eigenvalue weighted by Gasteiger charge is 2.15. The van der Waals surface area contributed by atoms with Crippen LogP contribution in [0.5, 0.6) is 0 Å². The third kappa shape index (κ3) is 5.13. The summed E-state index contributed by atoms with van der Waals surface area (Å²) < 4.78 is 31.1. The molecule has 0 heterocycles. The minimum absolute atomic E-state index is 0.0998. The number of rotatable bonds is 6. The molecule has 0 fully saturated rings. The van der Waals surface area contributed by atoms with Gasteiger partial charge in [-0.05, 0) is 48.9 Å². The van der Waals surface area contributed by atoms with Crippen LogP contribution in [-0.2, 0) is 19.6 Å². The molecule has 0 aliphatic heterocycles. The van der Waals surface area contributed by atoms with Crippen molar-refractivity contribution in [1.29, 1.82) is 0 Å².